The molecule has 0 radical (unpaired) electrons. The number of aryl methyl sites for hydroxylation is 1. The van der Waals surface area contributed by atoms with Gasteiger partial charge >= 0.3 is 0 Å². The summed E-state index contributed by atoms with van der Waals surface area (Å²) in [5.74, 6) is 0.801. The summed E-state index contributed by atoms with van der Waals surface area (Å²) < 4.78 is 1.08. The largest absolute Gasteiger partial charge is 0.379 e. The van der Waals surface area contributed by atoms with Crippen molar-refractivity contribution in [2.45, 2.75) is 13.5 Å². The minimum Gasteiger partial charge on any atom is -0.379 e. The van der Waals surface area contributed by atoms with Crippen LogP contribution in [-0.4, -0.2) is 9.97 Å². The molecule has 0 amide bonds. The summed E-state index contributed by atoms with van der Waals surface area (Å²) in [7, 11) is 0. The summed E-state index contributed by atoms with van der Waals surface area (Å²) in [6.45, 7) is 2.61. The fraction of sp³-hybridized carbons (Fsp3) is 0.167. The first-order valence-electron chi connectivity index (χ1n) is 5.02. The number of aromatic nitrogens is 2. The second-order valence-electron chi connectivity index (χ2n) is 3.46. The van der Waals surface area contributed by atoms with E-state index in [1.807, 2.05) is 37.3 Å². The third-order valence-corrected chi connectivity index (χ3v) is 2.68. The molecule has 0 unspecified atom stereocenters. The average molecular weight is 278 g/mol. The molecule has 2 rings (SSSR count). The van der Waals surface area contributed by atoms with Gasteiger partial charge in [0.1, 0.15) is 5.82 Å². The third kappa shape index (κ3) is 3.03. The number of nitrogens with zero attached hydrogens (tertiary/aromatic N) is 2. The van der Waals surface area contributed by atoms with Crippen LogP contribution < -0.4 is 5.32 Å². The molecule has 2 aromatic rings. The molecule has 0 aliphatic rings. The summed E-state index contributed by atoms with van der Waals surface area (Å²) >= 11 is 3.40. The van der Waals surface area contributed by atoms with Gasteiger partial charge in [-0.15, -0.1) is 0 Å². The van der Waals surface area contributed by atoms with Gasteiger partial charge in [0.25, 0.3) is 0 Å². The van der Waals surface area contributed by atoms with E-state index >= 15 is 0 Å². The lowest BCUT2D eigenvalue weighted by atomic mass is 10.3. The molecule has 1 N–H and O–H groups in total. The van der Waals surface area contributed by atoms with Crippen LogP contribution in [0, 0.1) is 6.92 Å². The van der Waals surface area contributed by atoms with Crippen molar-refractivity contribution < 1.29 is 0 Å². The van der Waals surface area contributed by atoms with Gasteiger partial charge in [-0.1, -0.05) is 15.9 Å². The molecule has 0 fully saturated rings. The van der Waals surface area contributed by atoms with Gasteiger partial charge < -0.3 is 5.32 Å². The monoisotopic (exact) mass is 277 g/mol. The standard InChI is InChI=1S/C12H12BrN3/c1-9-14-7-6-12(16-9)8-15-11-4-2-10(13)3-5-11/h2-7,15H,8H2,1H3. The number of hydrogen-bond acceptors (Lipinski definition) is 3. The lowest BCUT2D eigenvalue weighted by molar-refractivity contribution is 0.955. The quantitative estimate of drug-likeness (QED) is 0.937. The number of halogens is 1. The topological polar surface area (TPSA) is 37.8 Å². The van der Waals surface area contributed by atoms with Gasteiger partial charge in [-0.25, -0.2) is 9.97 Å². The molecule has 16 heavy (non-hydrogen) atoms. The fourth-order valence-electron chi connectivity index (χ4n) is 1.36. The Hall–Kier alpha value is -1.42. The van der Waals surface area contributed by atoms with Gasteiger partial charge in [0.2, 0.25) is 0 Å². The predicted molar refractivity (Wildman–Crippen MR) is 68.2 cm³/mol. The van der Waals surface area contributed by atoms with Crippen LogP contribution in [0.1, 0.15) is 11.5 Å². The first kappa shape index (κ1) is 11.1. The Kier molecular flexibility index (Phi) is 3.51. The van der Waals surface area contributed by atoms with E-state index < -0.39 is 0 Å². The predicted octanol–water partition coefficient (Wildman–Crippen LogP) is 3.16. The highest BCUT2D eigenvalue weighted by molar-refractivity contribution is 9.10. The molecule has 0 aliphatic carbocycles. The smallest absolute Gasteiger partial charge is 0.125 e. The van der Waals surface area contributed by atoms with Gasteiger partial charge in [0.05, 0.1) is 12.2 Å². The molecule has 3 nitrogen and oxygen atoms in total. The van der Waals surface area contributed by atoms with E-state index in [0.717, 1.165) is 21.7 Å². The molecule has 1 aromatic heterocycles. The van der Waals surface area contributed by atoms with Gasteiger partial charge in [-0.2, -0.15) is 0 Å². The van der Waals surface area contributed by atoms with E-state index in [4.69, 9.17) is 0 Å². The van der Waals surface area contributed by atoms with Crippen LogP contribution in [0.2, 0.25) is 0 Å². The lowest BCUT2D eigenvalue weighted by Crippen LogP contribution is -2.02. The molecule has 4 heteroatoms. The Labute approximate surface area is 103 Å². The highest BCUT2D eigenvalue weighted by atomic mass is 79.9. The van der Waals surface area contributed by atoms with Gasteiger partial charge in [0, 0.05) is 16.4 Å². The normalized spacial score (nSPS) is 10.1. The molecular weight excluding hydrogens is 266 g/mol. The van der Waals surface area contributed by atoms with E-state index in [2.05, 4.69) is 31.2 Å². The van der Waals surface area contributed by atoms with Crippen molar-refractivity contribution in [2.75, 3.05) is 5.32 Å². The molecule has 0 saturated heterocycles. The Morgan fingerprint density at radius 3 is 2.62 bits per heavy atom. The second kappa shape index (κ2) is 5.07. The highest BCUT2D eigenvalue weighted by Crippen LogP contribution is 2.14. The fourth-order valence-corrected chi connectivity index (χ4v) is 1.63. The number of anilines is 1. The molecule has 0 saturated carbocycles. The maximum atomic E-state index is 4.32. The second-order valence-corrected chi connectivity index (χ2v) is 4.37. The van der Waals surface area contributed by atoms with E-state index in [9.17, 15) is 0 Å². The number of rotatable bonds is 3. The Morgan fingerprint density at radius 2 is 1.94 bits per heavy atom. The number of benzene rings is 1. The van der Waals surface area contributed by atoms with Crippen LogP contribution >= 0.6 is 15.9 Å². The van der Waals surface area contributed by atoms with Crippen molar-refractivity contribution >= 4 is 21.6 Å². The minimum atomic E-state index is 0.713. The molecule has 0 spiro atoms. The SMILES string of the molecule is Cc1nccc(CNc2ccc(Br)cc2)n1. The maximum Gasteiger partial charge on any atom is 0.125 e. The molecule has 1 aromatic carbocycles. The van der Waals surface area contributed by atoms with Crippen molar-refractivity contribution in [1.29, 1.82) is 0 Å². The molecule has 82 valence electrons. The van der Waals surface area contributed by atoms with Crippen molar-refractivity contribution in [3.05, 3.63) is 52.5 Å². The van der Waals surface area contributed by atoms with Crippen molar-refractivity contribution in [1.82, 2.24) is 9.97 Å². The van der Waals surface area contributed by atoms with Crippen molar-refractivity contribution in [2.24, 2.45) is 0 Å². The summed E-state index contributed by atoms with van der Waals surface area (Å²) in [5, 5.41) is 3.30. The summed E-state index contributed by atoms with van der Waals surface area (Å²) in [4.78, 5) is 8.38. The van der Waals surface area contributed by atoms with Crippen LogP contribution in [0.4, 0.5) is 5.69 Å². The van der Waals surface area contributed by atoms with Crippen LogP contribution in [-0.2, 0) is 6.54 Å². The Morgan fingerprint density at radius 1 is 1.19 bits per heavy atom. The van der Waals surface area contributed by atoms with Crippen molar-refractivity contribution in [3.63, 3.8) is 0 Å². The van der Waals surface area contributed by atoms with E-state index in [-0.39, 0.29) is 0 Å². The molecular formula is C12H12BrN3. The molecule has 0 bridgehead atoms. The minimum absolute atomic E-state index is 0.713. The Balaban J connectivity index is 1.99. The molecule has 1 heterocycles. The van der Waals surface area contributed by atoms with Crippen LogP contribution in [0.5, 0.6) is 0 Å². The van der Waals surface area contributed by atoms with Gasteiger partial charge in [-0.05, 0) is 37.3 Å². The Bertz CT molecular complexity index is 468. The third-order valence-electron chi connectivity index (χ3n) is 2.15. The van der Waals surface area contributed by atoms with E-state index in [1.165, 1.54) is 0 Å². The lowest BCUT2D eigenvalue weighted by Gasteiger charge is -2.06. The number of hydrogen-bond donors (Lipinski definition) is 1. The van der Waals surface area contributed by atoms with E-state index in [1.54, 1.807) is 6.20 Å². The zero-order chi connectivity index (χ0) is 11.4. The van der Waals surface area contributed by atoms with Gasteiger partial charge in [-0.3, -0.25) is 0 Å². The maximum absolute atomic E-state index is 4.32. The number of nitrogens with one attached hydrogen (secondary N) is 1. The zero-order valence-electron chi connectivity index (χ0n) is 8.94. The van der Waals surface area contributed by atoms with Crippen LogP contribution in [0.15, 0.2) is 41.0 Å². The summed E-state index contributed by atoms with van der Waals surface area (Å²) in [6.07, 6.45) is 1.78. The highest BCUT2D eigenvalue weighted by Gasteiger charge is 1.96. The summed E-state index contributed by atoms with van der Waals surface area (Å²) in [5.41, 5.74) is 2.08. The van der Waals surface area contributed by atoms with Crippen molar-refractivity contribution in [3.8, 4) is 0 Å². The molecule has 0 atom stereocenters. The van der Waals surface area contributed by atoms with Crippen LogP contribution in [0.3, 0.4) is 0 Å². The van der Waals surface area contributed by atoms with E-state index in [0.29, 0.717) is 6.54 Å². The molecule has 0 aliphatic heterocycles. The average Bonchev–Trinajstić information content (AvgIpc) is 2.28. The first-order valence-corrected chi connectivity index (χ1v) is 5.81. The van der Waals surface area contributed by atoms with Crippen LogP contribution in [0.25, 0.3) is 0 Å². The first-order chi connectivity index (χ1) is 7.74. The van der Waals surface area contributed by atoms with Gasteiger partial charge in [0.15, 0.2) is 0 Å². The zero-order valence-corrected chi connectivity index (χ0v) is 10.5. The summed E-state index contributed by atoms with van der Waals surface area (Å²) in [6, 6.07) is 9.98.